The lowest BCUT2D eigenvalue weighted by Gasteiger charge is -2.38. The van der Waals surface area contributed by atoms with Crippen LogP contribution < -0.4 is 10.3 Å². The van der Waals surface area contributed by atoms with Crippen molar-refractivity contribution in [2.75, 3.05) is 20.1 Å². The second-order valence-electron chi connectivity index (χ2n) is 4.10. The smallest absolute Gasteiger partial charge is 0.163 e. The van der Waals surface area contributed by atoms with Gasteiger partial charge < -0.3 is 4.84 Å². The van der Waals surface area contributed by atoms with Gasteiger partial charge in [0.05, 0.1) is 24.4 Å². The Kier molecular flexibility index (Phi) is 1.58. The third-order valence-electron chi connectivity index (χ3n) is 2.95. The number of likely N-dealkylation sites (N-methyl/N-ethyl adjacent to an activating group) is 1. The number of hydrogen-bond donors (Lipinski definition) is 1. The molecule has 14 heavy (non-hydrogen) atoms. The molecule has 4 nitrogen and oxygen atoms in total. The Balaban J connectivity index is 2.02. The maximum atomic E-state index is 5.75. The normalized spacial score (nSPS) is 30.6. The summed E-state index contributed by atoms with van der Waals surface area (Å²) in [7, 11) is 2.18. The Labute approximate surface area is 83.2 Å². The molecule has 2 aliphatic rings. The van der Waals surface area contributed by atoms with Crippen molar-refractivity contribution in [3.8, 4) is 5.75 Å². The zero-order valence-corrected chi connectivity index (χ0v) is 8.23. The molecule has 1 N–H and O–H groups in total. The number of quaternary nitrogens is 1. The summed E-state index contributed by atoms with van der Waals surface area (Å²) in [5.74, 6) is 0.970. The number of nitrogens with one attached hydrogen (secondary N) is 1. The Hall–Kier alpha value is -1.10. The van der Waals surface area contributed by atoms with Gasteiger partial charge in [0.25, 0.3) is 0 Å². The SMILES string of the molecule is C[N+]12CCNN1Oc1ccccc1C2. The minimum Gasteiger partial charge on any atom is -0.346 e. The van der Waals surface area contributed by atoms with E-state index in [4.69, 9.17) is 4.84 Å². The molecule has 0 amide bonds. The van der Waals surface area contributed by atoms with Gasteiger partial charge >= 0.3 is 0 Å². The van der Waals surface area contributed by atoms with E-state index in [0.29, 0.717) is 0 Å². The molecule has 0 radical (unpaired) electrons. The molecule has 0 saturated carbocycles. The van der Waals surface area contributed by atoms with E-state index < -0.39 is 0 Å². The molecule has 4 heteroatoms. The van der Waals surface area contributed by atoms with Crippen LogP contribution in [0.2, 0.25) is 0 Å². The third kappa shape index (κ3) is 1.05. The van der Waals surface area contributed by atoms with Gasteiger partial charge in [-0.1, -0.05) is 12.1 Å². The number of fused-ring (bicyclic) bond motifs is 2. The third-order valence-corrected chi connectivity index (χ3v) is 2.95. The van der Waals surface area contributed by atoms with Crippen LogP contribution in [-0.4, -0.2) is 30.0 Å². The van der Waals surface area contributed by atoms with Gasteiger partial charge in [-0.05, 0) is 12.1 Å². The second-order valence-corrected chi connectivity index (χ2v) is 4.10. The van der Waals surface area contributed by atoms with Crippen LogP contribution in [0.25, 0.3) is 0 Å². The lowest BCUT2D eigenvalue weighted by atomic mass is 10.2. The van der Waals surface area contributed by atoms with Crippen molar-refractivity contribution in [1.82, 2.24) is 10.7 Å². The Morgan fingerprint density at radius 1 is 1.43 bits per heavy atom. The van der Waals surface area contributed by atoms with Crippen LogP contribution in [0, 0.1) is 0 Å². The number of rotatable bonds is 0. The van der Waals surface area contributed by atoms with Crippen LogP contribution in [0.3, 0.4) is 0 Å². The standard InChI is InChI=1S/C10H14N3O/c1-13-7-6-11-12(13)14-10-5-3-2-4-9(10)8-13/h2-5,11H,6-8H2,1H3/q+1. The van der Waals surface area contributed by atoms with Crippen LogP contribution in [-0.2, 0) is 6.54 Å². The predicted octanol–water partition coefficient (Wildman–Crippen LogP) is 0.676. The highest BCUT2D eigenvalue weighted by atomic mass is 16.8. The highest BCUT2D eigenvalue weighted by Crippen LogP contribution is 2.31. The molecule has 0 aromatic heterocycles. The first-order chi connectivity index (χ1) is 6.78. The van der Waals surface area contributed by atoms with Crippen molar-refractivity contribution in [2.24, 2.45) is 0 Å². The fourth-order valence-corrected chi connectivity index (χ4v) is 2.11. The van der Waals surface area contributed by atoms with Crippen molar-refractivity contribution in [1.29, 1.82) is 0 Å². The maximum absolute atomic E-state index is 5.75. The van der Waals surface area contributed by atoms with Gasteiger partial charge in [0.2, 0.25) is 0 Å². The minimum atomic E-state index is 0.803. The lowest BCUT2D eigenvalue weighted by molar-refractivity contribution is -1.05. The molecule has 3 rings (SSSR count). The summed E-state index contributed by atoms with van der Waals surface area (Å²) in [5.41, 5.74) is 4.51. The van der Waals surface area contributed by atoms with Gasteiger partial charge in [0, 0.05) is 0 Å². The summed E-state index contributed by atoms with van der Waals surface area (Å²) >= 11 is 0. The van der Waals surface area contributed by atoms with Gasteiger partial charge in [0.1, 0.15) is 13.1 Å². The molecule has 1 saturated heterocycles. The van der Waals surface area contributed by atoms with E-state index in [2.05, 4.69) is 24.6 Å². The molecule has 0 aliphatic carbocycles. The first-order valence-corrected chi connectivity index (χ1v) is 4.92. The average Bonchev–Trinajstić information content (AvgIpc) is 2.54. The van der Waals surface area contributed by atoms with E-state index in [1.54, 1.807) is 0 Å². The summed E-state index contributed by atoms with van der Waals surface area (Å²) in [6.07, 6.45) is 0. The molecule has 74 valence electrons. The molecule has 0 bridgehead atoms. The number of nitrogens with zero attached hydrogens (tertiary/aromatic N) is 2. The second kappa shape index (κ2) is 2.70. The van der Waals surface area contributed by atoms with Gasteiger partial charge in [-0.15, -0.1) is 0 Å². The lowest BCUT2D eigenvalue weighted by Crippen LogP contribution is -2.58. The zero-order chi connectivity index (χ0) is 9.60. The largest absolute Gasteiger partial charge is 0.346 e. The molecule has 0 spiro atoms. The highest BCUT2D eigenvalue weighted by molar-refractivity contribution is 5.32. The van der Waals surface area contributed by atoms with Crippen molar-refractivity contribution in [3.63, 3.8) is 0 Å². The fourth-order valence-electron chi connectivity index (χ4n) is 2.11. The van der Waals surface area contributed by atoms with Crippen LogP contribution in [0.15, 0.2) is 24.3 Å². The van der Waals surface area contributed by atoms with Crippen molar-refractivity contribution in [2.45, 2.75) is 6.54 Å². The first kappa shape index (κ1) is 8.23. The number of benzene rings is 1. The van der Waals surface area contributed by atoms with E-state index >= 15 is 0 Å². The maximum Gasteiger partial charge on any atom is 0.163 e. The molecular weight excluding hydrogens is 178 g/mol. The Morgan fingerprint density at radius 3 is 3.21 bits per heavy atom. The van der Waals surface area contributed by atoms with Crippen LogP contribution >= 0.6 is 0 Å². The van der Waals surface area contributed by atoms with Crippen molar-refractivity contribution < 1.29 is 9.43 Å². The van der Waals surface area contributed by atoms with E-state index in [1.165, 1.54) is 5.56 Å². The number of hydrazine groups is 1. The summed E-state index contributed by atoms with van der Waals surface area (Å²) in [6, 6.07) is 8.21. The van der Waals surface area contributed by atoms with Crippen LogP contribution in [0.4, 0.5) is 0 Å². The fraction of sp³-hybridized carbons (Fsp3) is 0.400. The number of para-hydroxylation sites is 1. The highest BCUT2D eigenvalue weighted by Gasteiger charge is 2.43. The molecular formula is C10H14N3O+. The molecule has 2 aliphatic heterocycles. The van der Waals surface area contributed by atoms with E-state index in [-0.39, 0.29) is 0 Å². The average molecular weight is 192 g/mol. The Bertz CT molecular complexity index is 368. The molecule has 2 heterocycles. The quantitative estimate of drug-likeness (QED) is 0.612. The number of hydrogen-bond acceptors (Lipinski definition) is 3. The molecule has 1 fully saturated rings. The first-order valence-electron chi connectivity index (χ1n) is 4.92. The molecule has 1 aromatic rings. The molecule has 1 aromatic carbocycles. The monoisotopic (exact) mass is 192 g/mol. The van der Waals surface area contributed by atoms with Gasteiger partial charge in [-0.3, -0.25) is 0 Å². The van der Waals surface area contributed by atoms with Crippen LogP contribution in [0.5, 0.6) is 5.75 Å². The van der Waals surface area contributed by atoms with Crippen molar-refractivity contribution >= 4 is 0 Å². The molecule has 1 atom stereocenters. The minimum absolute atomic E-state index is 0.803. The van der Waals surface area contributed by atoms with Crippen molar-refractivity contribution in [3.05, 3.63) is 29.8 Å². The van der Waals surface area contributed by atoms with Gasteiger partial charge in [-0.2, -0.15) is 10.0 Å². The Morgan fingerprint density at radius 2 is 2.29 bits per heavy atom. The van der Waals surface area contributed by atoms with Crippen LogP contribution in [0.1, 0.15) is 5.56 Å². The summed E-state index contributed by atoms with van der Waals surface area (Å²) in [4.78, 5) is 5.75. The molecule has 1 unspecified atom stereocenters. The predicted molar refractivity (Wildman–Crippen MR) is 51.7 cm³/mol. The summed E-state index contributed by atoms with van der Waals surface area (Å²) in [5, 5.41) is 1.85. The van der Waals surface area contributed by atoms with Gasteiger partial charge in [-0.25, -0.2) is 0 Å². The van der Waals surface area contributed by atoms with E-state index in [1.807, 2.05) is 17.4 Å². The summed E-state index contributed by atoms with van der Waals surface area (Å²) < 4.78 is 0.803. The topological polar surface area (TPSA) is 24.5 Å². The summed E-state index contributed by atoms with van der Waals surface area (Å²) in [6.45, 7) is 3.06. The zero-order valence-electron chi connectivity index (χ0n) is 8.23. The van der Waals surface area contributed by atoms with Gasteiger partial charge in [0.15, 0.2) is 5.75 Å². The van der Waals surface area contributed by atoms with E-state index in [0.717, 1.165) is 30.0 Å². The van der Waals surface area contributed by atoms with E-state index in [9.17, 15) is 0 Å².